The predicted octanol–water partition coefficient (Wildman–Crippen LogP) is 2.54. The average Bonchev–Trinajstić information content (AvgIpc) is 2.01. The molecule has 0 aliphatic heterocycles. The Balaban J connectivity index is 3.71. The fourth-order valence-corrected chi connectivity index (χ4v) is 0.613. The molecule has 0 saturated carbocycles. The summed E-state index contributed by atoms with van der Waals surface area (Å²) in [5, 5.41) is 0. The van der Waals surface area contributed by atoms with Gasteiger partial charge >= 0.3 is 0 Å². The topological polar surface area (TPSA) is 0 Å². The number of rotatable bonds is 3. The third kappa shape index (κ3) is 5.07. The second-order valence-corrected chi connectivity index (χ2v) is 2.23. The molecular formula is C11H12. The molecule has 0 nitrogen and oxygen atoms in total. The number of allylic oxidation sites excluding steroid dienone is 2. The largest absolute Gasteiger partial charge is 0.115 e. The van der Waals surface area contributed by atoms with Crippen LogP contribution in [-0.4, -0.2) is 0 Å². The summed E-state index contributed by atoms with van der Waals surface area (Å²) in [6.07, 6.45) is 6.74. The lowest BCUT2D eigenvalue weighted by atomic mass is 10.1. The molecule has 0 aromatic heterocycles. The zero-order valence-electron chi connectivity index (χ0n) is 6.91. The van der Waals surface area contributed by atoms with Gasteiger partial charge in [0.1, 0.15) is 0 Å². The molecule has 0 spiro atoms. The van der Waals surface area contributed by atoms with Crippen LogP contribution >= 0.6 is 0 Å². The average molecular weight is 144 g/mol. The van der Waals surface area contributed by atoms with Crippen LogP contribution in [0.5, 0.6) is 0 Å². The second kappa shape index (κ2) is 5.39. The van der Waals surface area contributed by atoms with E-state index in [-0.39, 0.29) is 0 Å². The quantitative estimate of drug-likeness (QED) is 0.534. The van der Waals surface area contributed by atoms with Gasteiger partial charge in [-0.25, -0.2) is 0 Å². The molecule has 0 atom stereocenters. The van der Waals surface area contributed by atoms with E-state index in [0.29, 0.717) is 0 Å². The summed E-state index contributed by atoms with van der Waals surface area (Å²) in [6.45, 7) is 9.24. The molecule has 0 radical (unpaired) electrons. The lowest BCUT2D eigenvalue weighted by Crippen LogP contribution is -1.80. The first-order chi connectivity index (χ1) is 5.20. The van der Waals surface area contributed by atoms with Crippen LogP contribution in [0.4, 0.5) is 0 Å². The highest BCUT2D eigenvalue weighted by Gasteiger charge is 1.91. The molecule has 56 valence electrons. The molecule has 0 amide bonds. The third-order valence-electron chi connectivity index (χ3n) is 1.23. The summed E-state index contributed by atoms with van der Waals surface area (Å²) in [4.78, 5) is 0. The van der Waals surface area contributed by atoms with Gasteiger partial charge in [0.05, 0.1) is 0 Å². The molecule has 0 saturated heterocycles. The van der Waals surface area contributed by atoms with Crippen LogP contribution in [0.3, 0.4) is 0 Å². The molecule has 0 heterocycles. The van der Waals surface area contributed by atoms with Crippen LogP contribution < -0.4 is 0 Å². The van der Waals surface area contributed by atoms with Gasteiger partial charge in [0.2, 0.25) is 0 Å². The van der Waals surface area contributed by atoms with E-state index in [1.54, 1.807) is 6.92 Å². The van der Waals surface area contributed by atoms with Crippen LogP contribution in [0.15, 0.2) is 24.3 Å². The van der Waals surface area contributed by atoms with Gasteiger partial charge < -0.3 is 0 Å². The Kier molecular flexibility index (Phi) is 4.70. The summed E-state index contributed by atoms with van der Waals surface area (Å²) in [6, 6.07) is 0. The van der Waals surface area contributed by atoms with Crippen molar-refractivity contribution in [2.24, 2.45) is 0 Å². The van der Waals surface area contributed by atoms with Crippen molar-refractivity contribution in [3.05, 3.63) is 24.3 Å². The molecule has 0 unspecified atom stereocenters. The molecule has 0 aliphatic rings. The van der Waals surface area contributed by atoms with Gasteiger partial charge in [-0.05, 0) is 30.9 Å². The Morgan fingerprint density at radius 2 is 1.82 bits per heavy atom. The molecular weight excluding hydrogens is 132 g/mol. The number of terminal acetylenes is 1. The minimum absolute atomic E-state index is 0.796. The maximum atomic E-state index is 5.12. The third-order valence-corrected chi connectivity index (χ3v) is 1.23. The molecule has 0 aliphatic carbocycles. The summed E-state index contributed by atoms with van der Waals surface area (Å²) >= 11 is 0. The van der Waals surface area contributed by atoms with Crippen LogP contribution in [0, 0.1) is 24.2 Å². The van der Waals surface area contributed by atoms with Crippen molar-refractivity contribution in [3.63, 3.8) is 0 Å². The fourth-order valence-electron chi connectivity index (χ4n) is 0.613. The van der Waals surface area contributed by atoms with Crippen molar-refractivity contribution in [2.75, 3.05) is 0 Å². The van der Waals surface area contributed by atoms with Gasteiger partial charge in [0.25, 0.3) is 0 Å². The van der Waals surface area contributed by atoms with E-state index in [0.717, 1.165) is 24.0 Å². The van der Waals surface area contributed by atoms with E-state index < -0.39 is 0 Å². The van der Waals surface area contributed by atoms with Crippen molar-refractivity contribution in [1.82, 2.24) is 0 Å². The van der Waals surface area contributed by atoms with Gasteiger partial charge in [-0.2, -0.15) is 0 Å². The summed E-state index contributed by atoms with van der Waals surface area (Å²) in [5.74, 6) is 8.13. The first-order valence-corrected chi connectivity index (χ1v) is 3.45. The van der Waals surface area contributed by atoms with Gasteiger partial charge in [-0.1, -0.05) is 25.0 Å². The lowest BCUT2D eigenvalue weighted by molar-refractivity contribution is 0.994. The van der Waals surface area contributed by atoms with Crippen molar-refractivity contribution < 1.29 is 0 Å². The molecule has 11 heavy (non-hydrogen) atoms. The Morgan fingerprint density at radius 1 is 1.27 bits per heavy atom. The minimum atomic E-state index is 0.796. The summed E-state index contributed by atoms with van der Waals surface area (Å²) in [7, 11) is 0. The second-order valence-electron chi connectivity index (χ2n) is 2.23. The normalized spacial score (nSPS) is 7.27. The summed E-state index contributed by atoms with van der Waals surface area (Å²) in [5.41, 5.74) is 1.73. The molecule has 0 N–H and O–H groups in total. The van der Waals surface area contributed by atoms with Gasteiger partial charge in [-0.15, -0.1) is 12.3 Å². The van der Waals surface area contributed by atoms with Crippen LogP contribution in [0.2, 0.25) is 0 Å². The number of hydrogen-bond donors (Lipinski definition) is 0. The standard InChI is InChI=1S/C11H12/c1-5-7-11(4)9-8-10(3)6-2/h2H,3-4,8-9H2,1H3. The molecule has 0 aromatic carbocycles. The Morgan fingerprint density at radius 3 is 2.27 bits per heavy atom. The van der Waals surface area contributed by atoms with Crippen molar-refractivity contribution in [1.29, 1.82) is 0 Å². The van der Waals surface area contributed by atoms with Crippen molar-refractivity contribution in [3.8, 4) is 24.2 Å². The monoisotopic (exact) mass is 144 g/mol. The molecule has 0 fully saturated rings. The SMILES string of the molecule is C#CC(=C)CCC(=C)C#CC. The number of hydrogen-bond acceptors (Lipinski definition) is 0. The zero-order valence-corrected chi connectivity index (χ0v) is 6.91. The molecule has 0 bridgehead atoms. The van der Waals surface area contributed by atoms with E-state index in [9.17, 15) is 0 Å². The lowest BCUT2D eigenvalue weighted by Gasteiger charge is -1.95. The van der Waals surface area contributed by atoms with Crippen LogP contribution in [0.1, 0.15) is 19.8 Å². The van der Waals surface area contributed by atoms with Crippen molar-refractivity contribution >= 4 is 0 Å². The van der Waals surface area contributed by atoms with Crippen LogP contribution in [0.25, 0.3) is 0 Å². The minimum Gasteiger partial charge on any atom is -0.115 e. The van der Waals surface area contributed by atoms with Gasteiger partial charge in [0.15, 0.2) is 0 Å². The fraction of sp³-hybridized carbons (Fsp3) is 0.273. The van der Waals surface area contributed by atoms with E-state index in [4.69, 9.17) is 6.42 Å². The molecule has 0 aromatic rings. The zero-order chi connectivity index (χ0) is 8.69. The van der Waals surface area contributed by atoms with E-state index in [2.05, 4.69) is 30.9 Å². The van der Waals surface area contributed by atoms with Crippen LogP contribution in [-0.2, 0) is 0 Å². The maximum absolute atomic E-state index is 5.12. The summed E-state index contributed by atoms with van der Waals surface area (Å²) < 4.78 is 0. The Bertz CT molecular complexity index is 250. The van der Waals surface area contributed by atoms with E-state index in [1.165, 1.54) is 0 Å². The smallest absolute Gasteiger partial charge is 0.00234 e. The highest BCUT2D eigenvalue weighted by Crippen LogP contribution is 2.06. The molecule has 0 rings (SSSR count). The van der Waals surface area contributed by atoms with Crippen molar-refractivity contribution in [2.45, 2.75) is 19.8 Å². The predicted molar refractivity (Wildman–Crippen MR) is 49.8 cm³/mol. The Labute approximate surface area is 69.0 Å². The van der Waals surface area contributed by atoms with E-state index >= 15 is 0 Å². The first-order valence-electron chi connectivity index (χ1n) is 3.45. The first kappa shape index (κ1) is 9.60. The Hall–Kier alpha value is -1.40. The van der Waals surface area contributed by atoms with Gasteiger partial charge in [-0.3, -0.25) is 0 Å². The van der Waals surface area contributed by atoms with E-state index in [1.807, 2.05) is 0 Å². The maximum Gasteiger partial charge on any atom is -0.00234 e. The van der Waals surface area contributed by atoms with Gasteiger partial charge in [0, 0.05) is 0 Å². The highest BCUT2D eigenvalue weighted by atomic mass is 13.9. The highest BCUT2D eigenvalue weighted by molar-refractivity contribution is 5.28. The molecule has 0 heteroatoms.